The van der Waals surface area contributed by atoms with E-state index < -0.39 is 5.97 Å². The maximum atomic E-state index is 10.8. The van der Waals surface area contributed by atoms with Crippen molar-refractivity contribution in [3.05, 3.63) is 58.6 Å². The van der Waals surface area contributed by atoms with Crippen molar-refractivity contribution in [2.45, 2.75) is 19.3 Å². The van der Waals surface area contributed by atoms with Crippen LogP contribution in [-0.4, -0.2) is 17.6 Å². The smallest absolute Gasteiger partial charge is 0.545 e. The van der Waals surface area contributed by atoms with Crippen LogP contribution in [0.4, 0.5) is 5.69 Å². The summed E-state index contributed by atoms with van der Waals surface area (Å²) in [5.74, 6) is -1.67. The average molecular weight is 326 g/mol. The van der Waals surface area contributed by atoms with Crippen LogP contribution in [0.3, 0.4) is 0 Å². The Balaban J connectivity index is 0.00000264. The molecular weight excluding hydrogens is 309 g/mol. The number of carbonyl (C=O) groups is 1. The summed E-state index contributed by atoms with van der Waals surface area (Å²) < 4.78 is 0. The molecule has 0 fully saturated rings. The van der Waals surface area contributed by atoms with Crippen LogP contribution >= 0.6 is 11.6 Å². The number of carboxylic acid groups (broad SMARTS) is 1. The Morgan fingerprint density at radius 3 is 2.65 bits per heavy atom. The first-order valence-corrected chi connectivity index (χ1v) is 7.47. The Labute approximate surface area is 152 Å². The van der Waals surface area contributed by atoms with Crippen LogP contribution in [0.25, 0.3) is 0 Å². The number of aromatic carboxylic acids is 1. The normalized spacial score (nSPS) is 9.96. The van der Waals surface area contributed by atoms with Gasteiger partial charge in [0.25, 0.3) is 0 Å². The van der Waals surface area contributed by atoms with E-state index in [2.05, 4.69) is 5.32 Å². The van der Waals surface area contributed by atoms with Crippen LogP contribution in [0.2, 0.25) is 5.02 Å². The Morgan fingerprint density at radius 2 is 1.96 bits per heavy atom. The van der Waals surface area contributed by atoms with Crippen molar-refractivity contribution in [1.29, 1.82) is 0 Å². The van der Waals surface area contributed by atoms with Gasteiger partial charge >= 0.3 is 18.9 Å². The number of phenols is 1. The Morgan fingerprint density at radius 1 is 1.17 bits per heavy atom. The molecule has 0 heterocycles. The van der Waals surface area contributed by atoms with Crippen molar-refractivity contribution in [2.24, 2.45) is 0 Å². The third kappa shape index (κ3) is 6.19. The van der Waals surface area contributed by atoms with Gasteiger partial charge in [0.15, 0.2) is 0 Å². The zero-order valence-corrected chi connectivity index (χ0v) is 13.8. The van der Waals surface area contributed by atoms with E-state index in [0.29, 0.717) is 5.69 Å². The zero-order chi connectivity index (χ0) is 15.9. The number of rotatable bonds is 7. The minimum absolute atomic E-state index is 0. The van der Waals surface area contributed by atoms with Gasteiger partial charge in [0.1, 0.15) is 5.75 Å². The van der Waals surface area contributed by atoms with E-state index in [1.807, 2.05) is 24.3 Å². The van der Waals surface area contributed by atoms with Gasteiger partial charge in [-0.05, 0) is 55.2 Å². The maximum Gasteiger partial charge on any atom is 1.00 e. The minimum atomic E-state index is -1.39. The number of unbranched alkanes of at least 4 members (excludes halogenated alkanes) is 1. The molecule has 0 bridgehead atoms. The molecule has 116 valence electrons. The van der Waals surface area contributed by atoms with Crippen molar-refractivity contribution in [3.63, 3.8) is 0 Å². The standard InChI is InChI=1S/C17H18ClNO3.Li/c18-13-6-3-5-12(10-13)4-1-2-9-19-14-7-8-16(20)15(11-14)17(21)22;/h3,5-8,10-11,19-20H,1-2,4,9H2,(H,21,22);/q;+1/p-1. The summed E-state index contributed by atoms with van der Waals surface area (Å²) in [7, 11) is 0. The van der Waals surface area contributed by atoms with Crippen LogP contribution in [-0.2, 0) is 6.42 Å². The van der Waals surface area contributed by atoms with Crippen LogP contribution in [0.1, 0.15) is 28.8 Å². The van der Waals surface area contributed by atoms with E-state index in [1.165, 1.54) is 17.7 Å². The van der Waals surface area contributed by atoms with Gasteiger partial charge in [0.05, 0.1) is 5.97 Å². The van der Waals surface area contributed by atoms with Crippen LogP contribution in [0.15, 0.2) is 42.5 Å². The number of nitrogens with one attached hydrogen (secondary N) is 1. The number of anilines is 1. The number of carboxylic acids is 1. The summed E-state index contributed by atoms with van der Waals surface area (Å²) in [5, 5.41) is 24.1. The molecule has 0 radical (unpaired) electrons. The van der Waals surface area contributed by atoms with Gasteiger partial charge in [-0.1, -0.05) is 23.7 Å². The molecule has 23 heavy (non-hydrogen) atoms. The monoisotopic (exact) mass is 325 g/mol. The van der Waals surface area contributed by atoms with Gasteiger partial charge in [-0.3, -0.25) is 0 Å². The average Bonchev–Trinajstić information content (AvgIpc) is 2.48. The second kappa shape index (κ2) is 9.52. The van der Waals surface area contributed by atoms with Crippen LogP contribution in [0, 0.1) is 0 Å². The number of halogens is 1. The summed E-state index contributed by atoms with van der Waals surface area (Å²) in [6.07, 6.45) is 2.88. The summed E-state index contributed by atoms with van der Waals surface area (Å²) >= 11 is 5.93. The van der Waals surface area contributed by atoms with Crippen molar-refractivity contribution >= 4 is 23.3 Å². The second-order valence-corrected chi connectivity index (χ2v) is 5.47. The van der Waals surface area contributed by atoms with Gasteiger partial charge < -0.3 is 20.3 Å². The van der Waals surface area contributed by atoms with Gasteiger partial charge in [-0.15, -0.1) is 0 Å². The third-order valence-corrected chi connectivity index (χ3v) is 3.56. The van der Waals surface area contributed by atoms with Crippen molar-refractivity contribution < 1.29 is 33.9 Å². The van der Waals surface area contributed by atoms with Gasteiger partial charge in [-0.2, -0.15) is 0 Å². The van der Waals surface area contributed by atoms with Crippen molar-refractivity contribution in [3.8, 4) is 5.75 Å². The van der Waals surface area contributed by atoms with Crippen LogP contribution < -0.4 is 29.3 Å². The van der Waals surface area contributed by atoms with Crippen molar-refractivity contribution in [2.75, 3.05) is 11.9 Å². The van der Waals surface area contributed by atoms with E-state index >= 15 is 0 Å². The molecule has 0 atom stereocenters. The molecule has 0 aliphatic heterocycles. The first-order chi connectivity index (χ1) is 10.6. The van der Waals surface area contributed by atoms with E-state index in [9.17, 15) is 15.0 Å². The second-order valence-electron chi connectivity index (χ2n) is 5.03. The maximum absolute atomic E-state index is 10.8. The number of hydrogen-bond donors (Lipinski definition) is 2. The molecule has 0 unspecified atom stereocenters. The molecule has 0 amide bonds. The predicted molar refractivity (Wildman–Crippen MR) is 85.3 cm³/mol. The Bertz CT molecular complexity index is 664. The molecule has 2 rings (SSSR count). The first-order valence-electron chi connectivity index (χ1n) is 7.09. The van der Waals surface area contributed by atoms with E-state index in [1.54, 1.807) is 6.07 Å². The molecule has 4 nitrogen and oxygen atoms in total. The zero-order valence-electron chi connectivity index (χ0n) is 13.0. The SMILES string of the molecule is O=C([O-])c1cc(NCCCCc2cccc(Cl)c2)ccc1O.[Li+]. The topological polar surface area (TPSA) is 72.4 Å². The number of aryl methyl sites for hydroxylation is 1. The van der Waals surface area contributed by atoms with E-state index in [-0.39, 0.29) is 30.2 Å². The largest absolute Gasteiger partial charge is 1.00 e. The van der Waals surface area contributed by atoms with E-state index in [4.69, 9.17) is 11.6 Å². The van der Waals surface area contributed by atoms with Crippen molar-refractivity contribution in [1.82, 2.24) is 0 Å². The predicted octanol–water partition coefficient (Wildman–Crippen LogP) is -0.152. The summed E-state index contributed by atoms with van der Waals surface area (Å²) in [4.78, 5) is 10.8. The molecule has 0 aliphatic rings. The molecular formula is C17H17ClLiNO3. The molecule has 0 aromatic heterocycles. The third-order valence-electron chi connectivity index (χ3n) is 3.33. The summed E-state index contributed by atoms with van der Waals surface area (Å²) in [6, 6.07) is 12.2. The minimum Gasteiger partial charge on any atom is -0.545 e. The first kappa shape index (κ1) is 19.4. The number of benzene rings is 2. The molecule has 2 aromatic carbocycles. The molecule has 0 saturated heterocycles. The Kier molecular flexibility index (Phi) is 8.05. The molecule has 0 aliphatic carbocycles. The molecule has 6 heteroatoms. The fourth-order valence-electron chi connectivity index (χ4n) is 2.19. The van der Waals surface area contributed by atoms with Gasteiger partial charge in [0.2, 0.25) is 0 Å². The number of carbonyl (C=O) groups excluding carboxylic acids is 1. The fraction of sp³-hybridized carbons (Fsp3) is 0.235. The quantitative estimate of drug-likeness (QED) is 0.422. The molecule has 0 spiro atoms. The fourth-order valence-corrected chi connectivity index (χ4v) is 2.40. The molecule has 2 N–H and O–H groups in total. The molecule has 2 aromatic rings. The number of aromatic hydroxyl groups is 1. The van der Waals surface area contributed by atoms with Crippen LogP contribution in [0.5, 0.6) is 5.75 Å². The van der Waals surface area contributed by atoms with E-state index in [0.717, 1.165) is 30.8 Å². The van der Waals surface area contributed by atoms with Gasteiger partial charge in [0, 0.05) is 22.8 Å². The summed E-state index contributed by atoms with van der Waals surface area (Å²) in [5.41, 5.74) is 1.65. The number of hydrogen-bond acceptors (Lipinski definition) is 4. The summed E-state index contributed by atoms with van der Waals surface area (Å²) in [6.45, 7) is 0.720. The van der Waals surface area contributed by atoms with Gasteiger partial charge in [-0.25, -0.2) is 0 Å². The molecule has 0 saturated carbocycles. The Hall–Kier alpha value is -1.60.